The Bertz CT molecular complexity index is 386. The first-order valence-electron chi connectivity index (χ1n) is 5.99. The van der Waals surface area contributed by atoms with Crippen LogP contribution in [0.2, 0.25) is 0 Å². The second-order valence-electron chi connectivity index (χ2n) is 5.26. The molecule has 4 heteroatoms. The van der Waals surface area contributed by atoms with Gasteiger partial charge in [-0.25, -0.2) is 4.98 Å². The van der Waals surface area contributed by atoms with E-state index in [0.717, 1.165) is 25.1 Å². The number of likely N-dealkylation sites (N-methyl/N-ethyl adjacent to an activating group) is 1. The van der Waals surface area contributed by atoms with Gasteiger partial charge < -0.3 is 10.0 Å². The van der Waals surface area contributed by atoms with Gasteiger partial charge in [-0.2, -0.15) is 0 Å². The first-order chi connectivity index (χ1) is 7.73. The van der Waals surface area contributed by atoms with E-state index < -0.39 is 0 Å². The van der Waals surface area contributed by atoms with Crippen LogP contribution in [0.4, 0.5) is 0 Å². The fourth-order valence-corrected chi connectivity index (χ4v) is 3.57. The molecular formula is C12H18N2OS. The van der Waals surface area contributed by atoms with Crippen molar-refractivity contribution in [1.82, 2.24) is 9.88 Å². The van der Waals surface area contributed by atoms with Gasteiger partial charge in [0.05, 0.1) is 17.3 Å². The van der Waals surface area contributed by atoms with Crippen molar-refractivity contribution < 1.29 is 5.11 Å². The van der Waals surface area contributed by atoms with Gasteiger partial charge in [0.1, 0.15) is 0 Å². The summed E-state index contributed by atoms with van der Waals surface area (Å²) in [4.78, 5) is 7.13. The maximum absolute atomic E-state index is 9.38. The second-order valence-corrected chi connectivity index (χ2v) is 6.15. The molecule has 1 N–H and O–H groups in total. The number of nitrogens with zero attached hydrogens (tertiary/aromatic N) is 2. The molecule has 16 heavy (non-hydrogen) atoms. The van der Waals surface area contributed by atoms with Crippen LogP contribution in [0.1, 0.15) is 35.9 Å². The minimum absolute atomic E-state index is 0.0409. The van der Waals surface area contributed by atoms with E-state index in [4.69, 9.17) is 4.98 Å². The second kappa shape index (κ2) is 3.79. The van der Waals surface area contributed by atoms with Gasteiger partial charge in [-0.1, -0.05) is 0 Å². The quantitative estimate of drug-likeness (QED) is 0.868. The van der Waals surface area contributed by atoms with Crippen LogP contribution >= 0.6 is 11.3 Å². The molecule has 1 aromatic heterocycles. The van der Waals surface area contributed by atoms with Crippen molar-refractivity contribution in [3.63, 3.8) is 0 Å². The number of aromatic nitrogens is 1. The molecule has 1 unspecified atom stereocenters. The van der Waals surface area contributed by atoms with Gasteiger partial charge in [0.25, 0.3) is 0 Å². The highest BCUT2D eigenvalue weighted by molar-refractivity contribution is 7.09. The molecule has 0 radical (unpaired) electrons. The van der Waals surface area contributed by atoms with E-state index in [-0.39, 0.29) is 12.0 Å². The van der Waals surface area contributed by atoms with Gasteiger partial charge in [0, 0.05) is 23.3 Å². The average molecular weight is 238 g/mol. The lowest BCUT2D eigenvalue weighted by molar-refractivity contribution is 0.253. The van der Waals surface area contributed by atoms with Gasteiger partial charge >= 0.3 is 0 Å². The third kappa shape index (κ3) is 1.69. The largest absolute Gasteiger partial charge is 0.395 e. The molecule has 0 aromatic carbocycles. The van der Waals surface area contributed by atoms with Crippen LogP contribution in [-0.2, 0) is 5.41 Å². The maximum Gasteiger partial charge on any atom is 0.0972 e. The monoisotopic (exact) mass is 238 g/mol. The van der Waals surface area contributed by atoms with Crippen LogP contribution in [0.15, 0.2) is 5.38 Å². The molecule has 88 valence electrons. The summed E-state index contributed by atoms with van der Waals surface area (Å²) in [5.74, 6) is 0.623. The summed E-state index contributed by atoms with van der Waals surface area (Å²) in [6.45, 7) is 2.59. The fraction of sp³-hybridized carbons (Fsp3) is 0.750. The van der Waals surface area contributed by atoms with Crippen molar-refractivity contribution >= 4 is 11.3 Å². The van der Waals surface area contributed by atoms with Gasteiger partial charge in [-0.3, -0.25) is 0 Å². The number of thiazole rings is 1. The predicted molar refractivity (Wildman–Crippen MR) is 65.0 cm³/mol. The molecule has 1 saturated heterocycles. The number of hydrogen-bond donors (Lipinski definition) is 1. The molecule has 0 amide bonds. The van der Waals surface area contributed by atoms with Crippen LogP contribution in [-0.4, -0.2) is 41.7 Å². The van der Waals surface area contributed by atoms with Crippen molar-refractivity contribution in [1.29, 1.82) is 0 Å². The highest BCUT2D eigenvalue weighted by atomic mass is 32.1. The third-order valence-electron chi connectivity index (χ3n) is 3.96. The molecule has 2 fully saturated rings. The summed E-state index contributed by atoms with van der Waals surface area (Å²) in [6, 6.07) is 0. The Morgan fingerprint density at radius 1 is 1.62 bits per heavy atom. The Balaban J connectivity index is 1.78. The van der Waals surface area contributed by atoms with E-state index >= 15 is 0 Å². The van der Waals surface area contributed by atoms with Gasteiger partial charge in [0.15, 0.2) is 0 Å². The van der Waals surface area contributed by atoms with Crippen LogP contribution in [0, 0.1) is 0 Å². The van der Waals surface area contributed by atoms with E-state index in [9.17, 15) is 5.11 Å². The Hall–Kier alpha value is -0.450. The fourth-order valence-electron chi connectivity index (χ4n) is 2.50. The van der Waals surface area contributed by atoms with Crippen molar-refractivity contribution in [2.45, 2.75) is 30.6 Å². The number of aliphatic hydroxyl groups is 1. The predicted octanol–water partition coefficient (Wildman–Crippen LogP) is 1.59. The molecule has 2 aliphatic rings. The van der Waals surface area contributed by atoms with Crippen LogP contribution < -0.4 is 0 Å². The summed E-state index contributed by atoms with van der Waals surface area (Å²) in [6.07, 6.45) is 3.45. The SMILES string of the molecule is CN1CCC(c2nc(C3(CO)CC3)cs2)C1. The smallest absolute Gasteiger partial charge is 0.0972 e. The molecule has 0 spiro atoms. The Kier molecular flexibility index (Phi) is 2.53. The summed E-state index contributed by atoms with van der Waals surface area (Å²) in [5, 5.41) is 12.8. The molecule has 3 nitrogen and oxygen atoms in total. The Morgan fingerprint density at radius 2 is 2.44 bits per heavy atom. The zero-order valence-electron chi connectivity index (χ0n) is 9.65. The van der Waals surface area contributed by atoms with E-state index in [0.29, 0.717) is 5.92 Å². The van der Waals surface area contributed by atoms with Crippen molar-refractivity contribution in [2.24, 2.45) is 0 Å². The van der Waals surface area contributed by atoms with Gasteiger partial charge in [0.2, 0.25) is 0 Å². The number of hydrogen-bond acceptors (Lipinski definition) is 4. The lowest BCUT2D eigenvalue weighted by atomic mass is 10.1. The zero-order chi connectivity index (χ0) is 11.2. The Morgan fingerprint density at radius 3 is 3.00 bits per heavy atom. The molecule has 1 aromatic rings. The molecule has 0 bridgehead atoms. The van der Waals surface area contributed by atoms with Crippen LogP contribution in [0.5, 0.6) is 0 Å². The normalized spacial score (nSPS) is 28.5. The molecular weight excluding hydrogens is 220 g/mol. The van der Waals surface area contributed by atoms with Crippen molar-refractivity contribution in [2.75, 3.05) is 26.7 Å². The topological polar surface area (TPSA) is 36.4 Å². The molecule has 1 atom stereocenters. The van der Waals surface area contributed by atoms with E-state index in [1.54, 1.807) is 11.3 Å². The minimum Gasteiger partial charge on any atom is -0.395 e. The minimum atomic E-state index is 0.0409. The van der Waals surface area contributed by atoms with Gasteiger partial charge in [-0.05, 0) is 32.9 Å². The lowest BCUT2D eigenvalue weighted by Gasteiger charge is -2.08. The number of rotatable bonds is 3. The molecule has 3 rings (SSSR count). The first kappa shape index (κ1) is 10.7. The number of aliphatic hydroxyl groups excluding tert-OH is 1. The van der Waals surface area contributed by atoms with E-state index in [2.05, 4.69) is 17.3 Å². The van der Waals surface area contributed by atoms with E-state index in [1.807, 2.05) is 0 Å². The first-order valence-corrected chi connectivity index (χ1v) is 6.87. The zero-order valence-corrected chi connectivity index (χ0v) is 10.5. The van der Waals surface area contributed by atoms with Crippen LogP contribution in [0.3, 0.4) is 0 Å². The number of likely N-dealkylation sites (tertiary alicyclic amines) is 1. The van der Waals surface area contributed by atoms with Crippen molar-refractivity contribution in [3.05, 3.63) is 16.1 Å². The van der Waals surface area contributed by atoms with Gasteiger partial charge in [-0.15, -0.1) is 11.3 Å². The standard InChI is InChI=1S/C12H18N2OS/c1-14-5-2-9(6-14)11-13-10(7-16-11)12(8-15)3-4-12/h7,9,15H,2-6,8H2,1H3. The summed E-state index contributed by atoms with van der Waals surface area (Å²) in [7, 11) is 2.17. The summed E-state index contributed by atoms with van der Waals surface area (Å²) >= 11 is 1.78. The van der Waals surface area contributed by atoms with Crippen molar-refractivity contribution in [3.8, 4) is 0 Å². The molecule has 1 aliphatic heterocycles. The highest BCUT2D eigenvalue weighted by Gasteiger charge is 2.46. The summed E-state index contributed by atoms with van der Waals surface area (Å²) < 4.78 is 0. The third-order valence-corrected chi connectivity index (χ3v) is 4.97. The molecule has 2 heterocycles. The Labute approximate surface area is 100 Å². The summed E-state index contributed by atoms with van der Waals surface area (Å²) in [5.41, 5.74) is 1.18. The highest BCUT2D eigenvalue weighted by Crippen LogP contribution is 2.48. The lowest BCUT2D eigenvalue weighted by Crippen LogP contribution is -2.14. The molecule has 1 saturated carbocycles. The maximum atomic E-state index is 9.38. The van der Waals surface area contributed by atoms with E-state index in [1.165, 1.54) is 18.0 Å². The molecule has 1 aliphatic carbocycles. The van der Waals surface area contributed by atoms with Crippen LogP contribution in [0.25, 0.3) is 0 Å². The average Bonchev–Trinajstić information content (AvgIpc) is 2.74.